The number of carbonyl (C=O) groups excluding carboxylic acids is 1. The van der Waals surface area contributed by atoms with E-state index in [0.717, 1.165) is 0 Å². The van der Waals surface area contributed by atoms with Gasteiger partial charge in [0.05, 0.1) is 24.7 Å². The second-order valence-electron chi connectivity index (χ2n) is 4.10. The number of amides is 1. The molecule has 1 rings (SSSR count). The Morgan fingerprint density at radius 3 is 2.78 bits per heavy atom. The lowest BCUT2D eigenvalue weighted by molar-refractivity contribution is 0.0782. The number of benzene rings is 1. The van der Waals surface area contributed by atoms with Crippen molar-refractivity contribution in [3.05, 3.63) is 23.8 Å². The number of nitrogens with zero attached hydrogens (tertiary/aromatic N) is 2. The number of aromatic hydroxyl groups is 1. The van der Waals surface area contributed by atoms with Crippen LogP contribution in [0.4, 0.5) is 0 Å². The van der Waals surface area contributed by atoms with Gasteiger partial charge in [-0.3, -0.25) is 4.79 Å². The summed E-state index contributed by atoms with van der Waals surface area (Å²) in [7, 11) is 3.08. The van der Waals surface area contributed by atoms with Crippen molar-refractivity contribution in [3.8, 4) is 17.6 Å². The van der Waals surface area contributed by atoms with E-state index < -0.39 is 0 Å². The number of methoxy groups -OCH3 is 1. The van der Waals surface area contributed by atoms with Crippen LogP contribution in [0.2, 0.25) is 0 Å². The van der Waals surface area contributed by atoms with Gasteiger partial charge in [0.1, 0.15) is 11.5 Å². The highest BCUT2D eigenvalue weighted by molar-refractivity contribution is 5.96. The van der Waals surface area contributed by atoms with Gasteiger partial charge in [0.25, 0.3) is 5.91 Å². The minimum Gasteiger partial charge on any atom is -0.507 e. The maximum atomic E-state index is 12.0. The lowest BCUT2D eigenvalue weighted by Gasteiger charge is -2.19. The number of nitriles is 1. The molecule has 0 saturated heterocycles. The molecule has 0 spiro atoms. The Morgan fingerprint density at radius 1 is 1.61 bits per heavy atom. The molecule has 1 atom stereocenters. The van der Waals surface area contributed by atoms with Crippen LogP contribution in [0.5, 0.6) is 11.5 Å². The number of rotatable bonds is 4. The Hall–Kier alpha value is -2.22. The van der Waals surface area contributed by atoms with Crippen LogP contribution in [-0.4, -0.2) is 36.6 Å². The SMILES string of the molecule is COc1ccc(C(=O)N(C)CC(C)C#N)c(O)c1. The van der Waals surface area contributed by atoms with Crippen LogP contribution in [-0.2, 0) is 0 Å². The van der Waals surface area contributed by atoms with E-state index in [-0.39, 0.29) is 23.1 Å². The molecule has 1 N–H and O–H groups in total. The van der Waals surface area contributed by atoms with Crippen LogP contribution in [0.3, 0.4) is 0 Å². The van der Waals surface area contributed by atoms with E-state index in [2.05, 4.69) is 6.07 Å². The topological polar surface area (TPSA) is 73.6 Å². The summed E-state index contributed by atoms with van der Waals surface area (Å²) in [5.41, 5.74) is 0.198. The molecule has 1 aromatic rings. The fraction of sp³-hybridized carbons (Fsp3) is 0.385. The molecular weight excluding hydrogens is 232 g/mol. The zero-order chi connectivity index (χ0) is 13.7. The first-order valence-corrected chi connectivity index (χ1v) is 5.51. The summed E-state index contributed by atoms with van der Waals surface area (Å²) < 4.78 is 4.94. The lowest BCUT2D eigenvalue weighted by atomic mass is 10.1. The molecule has 0 aliphatic rings. The predicted octanol–water partition coefficient (Wildman–Crippen LogP) is 1.63. The third-order valence-corrected chi connectivity index (χ3v) is 2.55. The van der Waals surface area contributed by atoms with Gasteiger partial charge in [-0.05, 0) is 19.1 Å². The Kier molecular flexibility index (Phi) is 4.55. The summed E-state index contributed by atoms with van der Waals surface area (Å²) in [6.07, 6.45) is 0. The second kappa shape index (κ2) is 5.92. The molecule has 1 amide bonds. The smallest absolute Gasteiger partial charge is 0.257 e. The van der Waals surface area contributed by atoms with Gasteiger partial charge in [-0.15, -0.1) is 0 Å². The molecule has 1 unspecified atom stereocenters. The number of phenols is 1. The molecule has 0 fully saturated rings. The second-order valence-corrected chi connectivity index (χ2v) is 4.10. The fourth-order valence-corrected chi connectivity index (χ4v) is 1.56. The summed E-state index contributed by atoms with van der Waals surface area (Å²) >= 11 is 0. The summed E-state index contributed by atoms with van der Waals surface area (Å²) in [6.45, 7) is 2.05. The van der Waals surface area contributed by atoms with Crippen molar-refractivity contribution in [2.75, 3.05) is 20.7 Å². The fourth-order valence-electron chi connectivity index (χ4n) is 1.56. The first-order valence-electron chi connectivity index (χ1n) is 5.51. The van der Waals surface area contributed by atoms with Crippen LogP contribution in [0.1, 0.15) is 17.3 Å². The van der Waals surface area contributed by atoms with Crippen molar-refractivity contribution in [2.24, 2.45) is 5.92 Å². The molecule has 0 radical (unpaired) electrons. The maximum Gasteiger partial charge on any atom is 0.257 e. The van der Waals surface area contributed by atoms with Crippen molar-refractivity contribution >= 4 is 5.91 Å². The molecule has 96 valence electrons. The molecule has 0 heterocycles. The van der Waals surface area contributed by atoms with Gasteiger partial charge in [-0.2, -0.15) is 5.26 Å². The van der Waals surface area contributed by atoms with Crippen LogP contribution < -0.4 is 4.74 Å². The van der Waals surface area contributed by atoms with E-state index in [1.807, 2.05) is 0 Å². The summed E-state index contributed by atoms with van der Waals surface area (Å²) in [6, 6.07) is 6.55. The standard InChI is InChI=1S/C13H16N2O3/c1-9(7-14)8-15(2)13(17)11-5-4-10(18-3)6-12(11)16/h4-6,9,16H,8H2,1-3H3. The zero-order valence-electron chi connectivity index (χ0n) is 10.7. The molecule has 5 heteroatoms. The first-order chi connectivity index (χ1) is 8.49. The third-order valence-electron chi connectivity index (χ3n) is 2.55. The maximum absolute atomic E-state index is 12.0. The van der Waals surface area contributed by atoms with Gasteiger partial charge in [0.2, 0.25) is 0 Å². The monoisotopic (exact) mass is 248 g/mol. The molecule has 0 saturated carbocycles. The number of ether oxygens (including phenoxy) is 1. The van der Waals surface area contributed by atoms with E-state index in [9.17, 15) is 9.90 Å². The third kappa shape index (κ3) is 3.14. The van der Waals surface area contributed by atoms with Gasteiger partial charge < -0.3 is 14.7 Å². The molecule has 0 aliphatic heterocycles. The van der Waals surface area contributed by atoms with Crippen LogP contribution >= 0.6 is 0 Å². The quantitative estimate of drug-likeness (QED) is 0.878. The lowest BCUT2D eigenvalue weighted by Crippen LogP contribution is -2.30. The number of phenolic OH excluding ortho intramolecular Hbond substituents is 1. The minimum atomic E-state index is -0.322. The van der Waals surface area contributed by atoms with Crippen molar-refractivity contribution in [1.29, 1.82) is 5.26 Å². The highest BCUT2D eigenvalue weighted by Crippen LogP contribution is 2.24. The van der Waals surface area contributed by atoms with E-state index in [1.165, 1.54) is 24.1 Å². The van der Waals surface area contributed by atoms with Gasteiger partial charge in [0.15, 0.2) is 0 Å². The van der Waals surface area contributed by atoms with Crippen molar-refractivity contribution in [2.45, 2.75) is 6.92 Å². The summed E-state index contributed by atoms with van der Waals surface area (Å²) in [4.78, 5) is 13.4. The van der Waals surface area contributed by atoms with Crippen LogP contribution in [0.15, 0.2) is 18.2 Å². The van der Waals surface area contributed by atoms with E-state index >= 15 is 0 Å². The van der Waals surface area contributed by atoms with Crippen LogP contribution in [0, 0.1) is 17.2 Å². The molecule has 0 aliphatic carbocycles. The normalized spacial score (nSPS) is 11.4. The Balaban J connectivity index is 2.87. The summed E-state index contributed by atoms with van der Waals surface area (Å²) in [5, 5.41) is 18.4. The molecular formula is C13H16N2O3. The van der Waals surface area contributed by atoms with Crippen molar-refractivity contribution in [3.63, 3.8) is 0 Å². The summed E-state index contributed by atoms with van der Waals surface area (Å²) in [5.74, 6) is -0.218. The Morgan fingerprint density at radius 2 is 2.28 bits per heavy atom. The van der Waals surface area contributed by atoms with E-state index in [1.54, 1.807) is 20.0 Å². The van der Waals surface area contributed by atoms with Crippen LogP contribution in [0.25, 0.3) is 0 Å². The average Bonchev–Trinajstić information content (AvgIpc) is 2.37. The molecule has 0 aromatic heterocycles. The number of hydrogen-bond acceptors (Lipinski definition) is 4. The Labute approximate surface area is 106 Å². The van der Waals surface area contributed by atoms with E-state index in [4.69, 9.17) is 10.00 Å². The first kappa shape index (κ1) is 13.8. The highest BCUT2D eigenvalue weighted by Gasteiger charge is 2.17. The predicted molar refractivity (Wildman–Crippen MR) is 66.4 cm³/mol. The van der Waals surface area contributed by atoms with E-state index in [0.29, 0.717) is 12.3 Å². The molecule has 5 nitrogen and oxygen atoms in total. The van der Waals surface area contributed by atoms with Crippen molar-refractivity contribution in [1.82, 2.24) is 4.90 Å². The molecule has 0 bridgehead atoms. The Bertz CT molecular complexity index is 480. The molecule has 18 heavy (non-hydrogen) atoms. The zero-order valence-corrected chi connectivity index (χ0v) is 10.7. The number of carbonyl (C=O) groups is 1. The average molecular weight is 248 g/mol. The van der Waals surface area contributed by atoms with Gasteiger partial charge >= 0.3 is 0 Å². The molecule has 1 aromatic carbocycles. The largest absolute Gasteiger partial charge is 0.507 e. The number of hydrogen-bond donors (Lipinski definition) is 1. The van der Waals surface area contributed by atoms with Gasteiger partial charge in [-0.1, -0.05) is 0 Å². The minimum absolute atomic E-state index is 0.129. The van der Waals surface area contributed by atoms with Gasteiger partial charge in [0, 0.05) is 19.7 Å². The van der Waals surface area contributed by atoms with Crippen molar-refractivity contribution < 1.29 is 14.6 Å². The highest BCUT2D eigenvalue weighted by atomic mass is 16.5. The van der Waals surface area contributed by atoms with Gasteiger partial charge in [-0.25, -0.2) is 0 Å².